The second kappa shape index (κ2) is 5.14. The highest BCUT2D eigenvalue weighted by Gasteiger charge is 2.20. The molecular weight excluding hydrogens is 286 g/mol. The van der Waals surface area contributed by atoms with Crippen LogP contribution in [0.5, 0.6) is 0 Å². The molecule has 0 aliphatic carbocycles. The van der Waals surface area contributed by atoms with E-state index in [-0.39, 0.29) is 16.5 Å². The summed E-state index contributed by atoms with van der Waals surface area (Å²) in [5.41, 5.74) is 7.07. The molecule has 0 saturated heterocycles. The highest BCUT2D eigenvalue weighted by atomic mass is 32.2. The number of benzene rings is 1. The fourth-order valence-electron chi connectivity index (χ4n) is 2.11. The zero-order chi connectivity index (χ0) is 14.9. The molecular formula is C15H13N3O2S. The van der Waals surface area contributed by atoms with E-state index in [0.717, 1.165) is 10.9 Å². The molecule has 106 valence electrons. The van der Waals surface area contributed by atoms with Crippen molar-refractivity contribution in [1.82, 2.24) is 9.97 Å². The number of anilines is 1. The Morgan fingerprint density at radius 1 is 1.00 bits per heavy atom. The summed E-state index contributed by atoms with van der Waals surface area (Å²) in [6.45, 7) is 0. The first-order valence-electron chi connectivity index (χ1n) is 6.34. The van der Waals surface area contributed by atoms with Gasteiger partial charge in [0.25, 0.3) is 0 Å². The highest BCUT2D eigenvalue weighted by molar-refractivity contribution is 7.90. The summed E-state index contributed by atoms with van der Waals surface area (Å²) in [7, 11) is -3.61. The van der Waals surface area contributed by atoms with Gasteiger partial charge in [-0.05, 0) is 24.3 Å². The average Bonchev–Trinajstić information content (AvgIpc) is 2.47. The van der Waals surface area contributed by atoms with Crippen LogP contribution in [0.15, 0.2) is 59.8 Å². The van der Waals surface area contributed by atoms with Crippen LogP contribution in [0, 0.1) is 0 Å². The molecule has 0 bridgehead atoms. The molecule has 5 nitrogen and oxygen atoms in total. The minimum Gasteiger partial charge on any atom is -0.396 e. The van der Waals surface area contributed by atoms with Crippen LogP contribution in [0.2, 0.25) is 0 Å². The lowest BCUT2D eigenvalue weighted by molar-refractivity contribution is 0.591. The molecule has 0 fully saturated rings. The van der Waals surface area contributed by atoms with Gasteiger partial charge in [-0.3, -0.25) is 4.98 Å². The molecule has 0 aliphatic heterocycles. The topological polar surface area (TPSA) is 85.9 Å². The van der Waals surface area contributed by atoms with Gasteiger partial charge < -0.3 is 5.73 Å². The van der Waals surface area contributed by atoms with Crippen LogP contribution in [0.1, 0.15) is 5.69 Å². The van der Waals surface area contributed by atoms with Gasteiger partial charge in [0.05, 0.1) is 22.7 Å². The number of pyridine rings is 2. The minimum absolute atomic E-state index is 0.0973. The zero-order valence-electron chi connectivity index (χ0n) is 11.1. The van der Waals surface area contributed by atoms with Gasteiger partial charge in [0.15, 0.2) is 5.03 Å². The molecule has 0 saturated carbocycles. The minimum atomic E-state index is -3.61. The lowest BCUT2D eigenvalue weighted by Crippen LogP contribution is -2.10. The quantitative estimate of drug-likeness (QED) is 0.801. The van der Waals surface area contributed by atoms with E-state index >= 15 is 0 Å². The Hall–Kier alpha value is -2.47. The van der Waals surface area contributed by atoms with Crippen molar-refractivity contribution >= 4 is 26.4 Å². The molecule has 0 spiro atoms. The summed E-state index contributed by atoms with van der Waals surface area (Å²) in [6.07, 6.45) is 1.41. The van der Waals surface area contributed by atoms with Gasteiger partial charge >= 0.3 is 0 Å². The maximum atomic E-state index is 12.4. The van der Waals surface area contributed by atoms with Gasteiger partial charge in [-0.1, -0.05) is 24.3 Å². The molecule has 2 N–H and O–H groups in total. The molecule has 6 heteroatoms. The van der Waals surface area contributed by atoms with Gasteiger partial charge in [-0.15, -0.1) is 0 Å². The summed E-state index contributed by atoms with van der Waals surface area (Å²) < 4.78 is 24.8. The van der Waals surface area contributed by atoms with Crippen molar-refractivity contribution in [2.45, 2.75) is 10.8 Å². The van der Waals surface area contributed by atoms with Crippen LogP contribution < -0.4 is 5.73 Å². The molecule has 0 aliphatic rings. The van der Waals surface area contributed by atoms with Crippen molar-refractivity contribution in [3.05, 3.63) is 60.4 Å². The van der Waals surface area contributed by atoms with Crippen molar-refractivity contribution in [3.8, 4) is 0 Å². The third kappa shape index (κ3) is 2.71. The Morgan fingerprint density at radius 3 is 2.62 bits per heavy atom. The summed E-state index contributed by atoms with van der Waals surface area (Å²) in [6, 6.07) is 14.2. The van der Waals surface area contributed by atoms with E-state index in [1.54, 1.807) is 12.1 Å². The number of rotatable bonds is 3. The third-order valence-corrected chi connectivity index (χ3v) is 4.70. The molecule has 1 aromatic carbocycles. The first kappa shape index (κ1) is 13.5. The fourth-order valence-corrected chi connectivity index (χ4v) is 3.45. The molecule has 3 aromatic rings. The lowest BCUT2D eigenvalue weighted by atomic mass is 10.2. The normalized spacial score (nSPS) is 11.6. The fraction of sp³-hybridized carbons (Fsp3) is 0.0667. The number of aromatic nitrogens is 2. The summed E-state index contributed by atoms with van der Waals surface area (Å²) >= 11 is 0. The number of nitrogens with two attached hydrogens (primary N) is 1. The molecule has 0 radical (unpaired) electrons. The predicted octanol–water partition coefficient (Wildman–Crippen LogP) is 2.19. The van der Waals surface area contributed by atoms with Crippen LogP contribution in [-0.4, -0.2) is 18.4 Å². The molecule has 2 heterocycles. The molecule has 0 unspecified atom stereocenters. The van der Waals surface area contributed by atoms with Gasteiger partial charge in [0.2, 0.25) is 9.84 Å². The van der Waals surface area contributed by atoms with Crippen molar-refractivity contribution in [2.75, 3.05) is 5.73 Å². The van der Waals surface area contributed by atoms with E-state index in [4.69, 9.17) is 5.73 Å². The Labute approximate surface area is 122 Å². The number of hydrogen-bond donors (Lipinski definition) is 1. The van der Waals surface area contributed by atoms with E-state index < -0.39 is 9.84 Å². The van der Waals surface area contributed by atoms with Crippen LogP contribution in [-0.2, 0) is 15.6 Å². The van der Waals surface area contributed by atoms with E-state index in [0.29, 0.717) is 5.69 Å². The molecule has 3 rings (SSSR count). The number of hydrogen-bond acceptors (Lipinski definition) is 5. The number of sulfone groups is 1. The Balaban J connectivity index is 1.99. The van der Waals surface area contributed by atoms with Gasteiger partial charge in [0.1, 0.15) is 0 Å². The largest absolute Gasteiger partial charge is 0.396 e. The summed E-state index contributed by atoms with van der Waals surface area (Å²) in [4.78, 5) is 8.24. The Morgan fingerprint density at radius 2 is 1.81 bits per heavy atom. The van der Waals surface area contributed by atoms with Crippen molar-refractivity contribution in [2.24, 2.45) is 0 Å². The summed E-state index contributed by atoms with van der Waals surface area (Å²) in [5, 5.41) is 0.871. The maximum absolute atomic E-state index is 12.4. The molecule has 2 aromatic heterocycles. The van der Waals surface area contributed by atoms with Gasteiger partial charge in [-0.2, -0.15) is 0 Å². The van der Waals surface area contributed by atoms with E-state index in [1.807, 2.05) is 30.3 Å². The van der Waals surface area contributed by atoms with Crippen LogP contribution in [0.4, 0.5) is 5.69 Å². The van der Waals surface area contributed by atoms with Crippen molar-refractivity contribution in [1.29, 1.82) is 0 Å². The zero-order valence-corrected chi connectivity index (χ0v) is 11.9. The summed E-state index contributed by atoms with van der Waals surface area (Å²) in [5.74, 6) is -0.223. The Bertz CT molecular complexity index is 907. The number of nitrogen functional groups attached to an aromatic ring is 1. The van der Waals surface area contributed by atoms with Crippen molar-refractivity contribution < 1.29 is 8.42 Å². The second-order valence-electron chi connectivity index (χ2n) is 4.65. The SMILES string of the molecule is Nc1cccnc1S(=O)(=O)Cc1ccc2ccccc2n1. The van der Waals surface area contributed by atoms with E-state index in [1.165, 1.54) is 12.3 Å². The number of para-hydroxylation sites is 1. The first-order valence-corrected chi connectivity index (χ1v) is 7.99. The Kier molecular flexibility index (Phi) is 3.31. The standard InChI is InChI=1S/C15H13N3O2S/c16-13-5-3-9-17-15(13)21(19,20)10-12-8-7-11-4-1-2-6-14(11)18-12/h1-9H,10,16H2. The predicted molar refractivity (Wildman–Crippen MR) is 81.3 cm³/mol. The molecule has 0 atom stereocenters. The first-order chi connectivity index (χ1) is 10.1. The second-order valence-corrected chi connectivity index (χ2v) is 6.56. The molecule has 21 heavy (non-hydrogen) atoms. The van der Waals surface area contributed by atoms with Crippen LogP contribution in [0.3, 0.4) is 0 Å². The smallest absolute Gasteiger partial charge is 0.203 e. The van der Waals surface area contributed by atoms with Crippen LogP contribution >= 0.6 is 0 Å². The number of fused-ring (bicyclic) bond motifs is 1. The van der Waals surface area contributed by atoms with Gasteiger partial charge in [0, 0.05) is 11.6 Å². The maximum Gasteiger partial charge on any atom is 0.203 e. The highest BCUT2D eigenvalue weighted by Crippen LogP contribution is 2.20. The van der Waals surface area contributed by atoms with E-state index in [2.05, 4.69) is 9.97 Å². The average molecular weight is 299 g/mol. The van der Waals surface area contributed by atoms with E-state index in [9.17, 15) is 8.42 Å². The van der Waals surface area contributed by atoms with Crippen molar-refractivity contribution in [3.63, 3.8) is 0 Å². The van der Waals surface area contributed by atoms with Crippen LogP contribution in [0.25, 0.3) is 10.9 Å². The lowest BCUT2D eigenvalue weighted by Gasteiger charge is -2.06. The number of nitrogens with zero attached hydrogens (tertiary/aromatic N) is 2. The molecule has 0 amide bonds. The third-order valence-electron chi connectivity index (χ3n) is 3.09. The van der Waals surface area contributed by atoms with Gasteiger partial charge in [-0.25, -0.2) is 13.4 Å². The monoisotopic (exact) mass is 299 g/mol.